The quantitative estimate of drug-likeness (QED) is 0.180. The van der Waals surface area contributed by atoms with Gasteiger partial charge in [0, 0.05) is 36.8 Å². The van der Waals surface area contributed by atoms with Crippen LogP contribution in [0, 0.1) is 50.7 Å². The van der Waals surface area contributed by atoms with E-state index in [1.807, 2.05) is 41.8 Å². The smallest absolute Gasteiger partial charge is 0.240 e. The molecule has 8 atom stereocenters. The van der Waals surface area contributed by atoms with Crippen LogP contribution >= 0.6 is 0 Å². The van der Waals surface area contributed by atoms with E-state index in [-0.39, 0.29) is 76.3 Å². The van der Waals surface area contributed by atoms with Crippen molar-refractivity contribution in [3.63, 3.8) is 0 Å². The maximum Gasteiger partial charge on any atom is 0.240 e. The summed E-state index contributed by atoms with van der Waals surface area (Å²) in [5.74, 6) is -2.12. The Bertz CT molecular complexity index is 1800. The molecule has 3 amide bonds. The van der Waals surface area contributed by atoms with Gasteiger partial charge in [-0.3, -0.25) is 28.7 Å². The molecule has 12 heteroatoms. The maximum atomic E-state index is 15.4. The van der Waals surface area contributed by atoms with Crippen LogP contribution < -0.4 is 10.0 Å². The molecule has 11 nitrogen and oxygen atoms in total. The van der Waals surface area contributed by atoms with E-state index in [9.17, 15) is 27.6 Å². The fourth-order valence-electron chi connectivity index (χ4n) is 13.3. The third kappa shape index (κ3) is 7.45. The van der Waals surface area contributed by atoms with E-state index >= 15 is 4.79 Å². The average Bonchev–Trinajstić information content (AvgIpc) is 4.09. The molecule has 7 rings (SSSR count). The summed E-state index contributed by atoms with van der Waals surface area (Å²) >= 11 is 0. The molecule has 2 N–H and O–H groups in total. The topological polar surface area (TPSA) is 150 Å². The molecule has 6 aliphatic carbocycles. The van der Waals surface area contributed by atoms with Crippen molar-refractivity contribution in [3.05, 3.63) is 0 Å². The number of carbonyl (C=O) groups is 5. The van der Waals surface area contributed by atoms with Crippen molar-refractivity contribution in [2.45, 2.75) is 193 Å². The van der Waals surface area contributed by atoms with Gasteiger partial charge in [0.15, 0.2) is 11.6 Å². The van der Waals surface area contributed by atoms with Gasteiger partial charge in [0.1, 0.15) is 0 Å². The fraction of sp³-hybridized carbons (Fsp3) is 0.894. The van der Waals surface area contributed by atoms with Gasteiger partial charge >= 0.3 is 0 Å². The number of ketones is 2. The van der Waals surface area contributed by atoms with Crippen molar-refractivity contribution in [2.24, 2.45) is 50.7 Å². The summed E-state index contributed by atoms with van der Waals surface area (Å²) in [5, 5.41) is 3.30. The minimum absolute atomic E-state index is 0.0196. The molecule has 0 aromatic heterocycles. The van der Waals surface area contributed by atoms with Gasteiger partial charge in [0.2, 0.25) is 27.7 Å². The molecule has 0 radical (unpaired) electrons. The SMILES string of the molecule is CC[C@@H]1C[C@]1(CC(=O)[C@@H]1C[C@@]2(CN1C(=O)[C@@H](CC(=O)[C@@H](NC(=O)[C@@H]1CCCCC1N(C)C)C1CCCCC1)C(C)(C)C)C(C)(C)C21CCC1)C(=O)NS(=O)(=O)C1(C)CC1. The summed E-state index contributed by atoms with van der Waals surface area (Å²) in [6.07, 6.45) is 14.4. The molecule has 1 saturated heterocycles. The zero-order valence-corrected chi connectivity index (χ0v) is 38.7. The van der Waals surface area contributed by atoms with Crippen LogP contribution in [0.4, 0.5) is 0 Å². The number of fused-ring (bicyclic) bond motifs is 1. The van der Waals surface area contributed by atoms with Gasteiger partial charge in [-0.05, 0) is 113 Å². The normalized spacial score (nSPS) is 34.2. The van der Waals surface area contributed by atoms with Crippen LogP contribution in [-0.2, 0) is 34.0 Å². The van der Waals surface area contributed by atoms with Gasteiger partial charge in [-0.2, -0.15) is 0 Å². The summed E-state index contributed by atoms with van der Waals surface area (Å²) in [6, 6.07) is -1.30. The molecular formula is C47H76N4O7S. The first-order valence-corrected chi connectivity index (χ1v) is 24.9. The highest BCUT2D eigenvalue weighted by atomic mass is 32.2. The molecule has 1 heterocycles. The zero-order valence-electron chi connectivity index (χ0n) is 37.8. The highest BCUT2D eigenvalue weighted by Gasteiger charge is 2.85. The maximum absolute atomic E-state index is 15.4. The van der Waals surface area contributed by atoms with Gasteiger partial charge in [0.05, 0.1) is 28.2 Å². The van der Waals surface area contributed by atoms with E-state index in [0.717, 1.165) is 77.0 Å². The average molecular weight is 841 g/mol. The molecule has 0 aromatic rings. The predicted molar refractivity (Wildman–Crippen MR) is 228 cm³/mol. The lowest BCUT2D eigenvalue weighted by atomic mass is 9.73. The summed E-state index contributed by atoms with van der Waals surface area (Å²) in [6.45, 7) is 14.6. The lowest BCUT2D eigenvalue weighted by Gasteiger charge is -2.39. The second-order valence-corrected chi connectivity index (χ2v) is 24.9. The third-order valence-corrected chi connectivity index (χ3v) is 20.4. The van der Waals surface area contributed by atoms with Gasteiger partial charge in [-0.1, -0.05) is 86.5 Å². The molecule has 2 spiro atoms. The van der Waals surface area contributed by atoms with Crippen LogP contribution in [0.25, 0.3) is 0 Å². The van der Waals surface area contributed by atoms with Crippen molar-refractivity contribution < 1.29 is 32.4 Å². The zero-order chi connectivity index (χ0) is 43.1. The van der Waals surface area contributed by atoms with E-state index in [4.69, 9.17) is 0 Å². The van der Waals surface area contributed by atoms with Crippen LogP contribution in [0.15, 0.2) is 0 Å². The van der Waals surface area contributed by atoms with Crippen LogP contribution in [-0.4, -0.2) is 91.0 Å². The number of nitrogens with zero attached hydrogens (tertiary/aromatic N) is 2. The molecule has 0 bridgehead atoms. The number of nitrogens with one attached hydrogen (secondary N) is 2. The lowest BCUT2D eigenvalue weighted by molar-refractivity contribution is -0.147. The second-order valence-electron chi connectivity index (χ2n) is 22.7. The standard InChI is InChI=1S/C47H76N4O7S/c1-10-31-26-45(31,41(56)49-59(57,58)44(7)23-24-44)28-37(53)35-27-47(43(5,6)46(47)21-16-22-46)29-51(35)40(55)33(42(2,3)4)25-36(52)38(30-17-12-11-13-18-30)48-39(54)32-19-14-15-20-34(32)50(8)9/h30-35,38H,10-29H2,1-9H3,(H,48,54)(H,49,56)/t31-,32-,33-,34?,35+,38+,45-,47-/m1/s1. The van der Waals surface area contributed by atoms with Crippen molar-refractivity contribution in [3.8, 4) is 0 Å². The van der Waals surface area contributed by atoms with E-state index < -0.39 is 49.5 Å². The third-order valence-electron chi connectivity index (χ3n) is 18.2. The Hall–Kier alpha value is -2.34. The molecule has 6 saturated carbocycles. The molecule has 0 aromatic carbocycles. The largest absolute Gasteiger partial charge is 0.346 e. The number of sulfonamides is 1. The van der Waals surface area contributed by atoms with E-state index in [0.29, 0.717) is 38.6 Å². The van der Waals surface area contributed by atoms with Gasteiger partial charge in [-0.15, -0.1) is 0 Å². The number of amides is 3. The van der Waals surface area contributed by atoms with Gasteiger partial charge in [0.25, 0.3) is 0 Å². The summed E-state index contributed by atoms with van der Waals surface area (Å²) in [5.41, 5.74) is -2.00. The molecule has 7 aliphatic rings. The number of likely N-dealkylation sites (tertiary alicyclic amines) is 1. The minimum atomic E-state index is -3.89. The Morgan fingerprint density at radius 1 is 0.831 bits per heavy atom. The second kappa shape index (κ2) is 15.5. The molecule has 332 valence electrons. The Kier molecular flexibility index (Phi) is 11.7. The Morgan fingerprint density at radius 2 is 1.46 bits per heavy atom. The van der Waals surface area contributed by atoms with Crippen molar-refractivity contribution in [1.29, 1.82) is 0 Å². The minimum Gasteiger partial charge on any atom is -0.346 e. The van der Waals surface area contributed by atoms with Crippen LogP contribution in [0.1, 0.15) is 170 Å². The van der Waals surface area contributed by atoms with E-state index in [1.165, 1.54) is 0 Å². The monoisotopic (exact) mass is 841 g/mol. The van der Waals surface area contributed by atoms with Gasteiger partial charge in [-0.25, -0.2) is 8.42 Å². The highest BCUT2D eigenvalue weighted by molar-refractivity contribution is 7.91. The fourth-order valence-corrected chi connectivity index (χ4v) is 14.7. The molecular weight excluding hydrogens is 765 g/mol. The summed E-state index contributed by atoms with van der Waals surface area (Å²) in [7, 11) is 0.163. The highest BCUT2D eigenvalue weighted by Crippen LogP contribution is 2.88. The van der Waals surface area contributed by atoms with Crippen LogP contribution in [0.2, 0.25) is 0 Å². The number of hydrogen-bond acceptors (Lipinski definition) is 8. The lowest BCUT2D eigenvalue weighted by Crippen LogP contribution is -2.54. The number of Topliss-reactive ketones (excluding diaryl/α,β-unsaturated/α-hetero) is 2. The number of carbonyl (C=O) groups excluding carboxylic acids is 5. The number of rotatable bonds is 15. The van der Waals surface area contributed by atoms with Gasteiger partial charge < -0.3 is 15.1 Å². The van der Waals surface area contributed by atoms with Crippen LogP contribution in [0.3, 0.4) is 0 Å². The molecule has 1 aliphatic heterocycles. The van der Waals surface area contributed by atoms with Crippen molar-refractivity contribution in [2.75, 3.05) is 20.6 Å². The predicted octanol–water partition coefficient (Wildman–Crippen LogP) is 6.96. The van der Waals surface area contributed by atoms with E-state index in [1.54, 1.807) is 11.8 Å². The molecule has 59 heavy (non-hydrogen) atoms. The first-order valence-electron chi connectivity index (χ1n) is 23.4. The Labute approximate surface area is 355 Å². The van der Waals surface area contributed by atoms with E-state index in [2.05, 4.69) is 28.8 Å². The Balaban J connectivity index is 1.16. The number of hydrogen-bond donors (Lipinski definition) is 2. The Morgan fingerprint density at radius 3 is 1.98 bits per heavy atom. The summed E-state index contributed by atoms with van der Waals surface area (Å²) in [4.78, 5) is 77.1. The molecule has 1 unspecified atom stereocenters. The van der Waals surface area contributed by atoms with Crippen molar-refractivity contribution >= 4 is 39.3 Å². The molecule has 7 fully saturated rings. The summed E-state index contributed by atoms with van der Waals surface area (Å²) < 4.78 is 27.9. The first kappa shape index (κ1) is 44.7. The van der Waals surface area contributed by atoms with Crippen molar-refractivity contribution in [1.82, 2.24) is 19.8 Å². The first-order chi connectivity index (χ1) is 27.5. The van der Waals surface area contributed by atoms with Crippen LogP contribution in [0.5, 0.6) is 0 Å².